The SMILES string of the molecule is CCc1nc(SCC2CN(Cc3ccccc3)CCCO2)n[nH]1. The summed E-state index contributed by atoms with van der Waals surface area (Å²) < 4.78 is 6.00. The smallest absolute Gasteiger partial charge is 0.208 e. The van der Waals surface area contributed by atoms with Crippen LogP contribution in [0.15, 0.2) is 35.5 Å². The fourth-order valence-corrected chi connectivity index (χ4v) is 3.55. The molecule has 1 saturated heterocycles. The molecule has 0 saturated carbocycles. The first-order valence-electron chi connectivity index (χ1n) is 8.25. The summed E-state index contributed by atoms with van der Waals surface area (Å²) in [5.41, 5.74) is 1.36. The van der Waals surface area contributed by atoms with Crippen LogP contribution in [0.5, 0.6) is 0 Å². The van der Waals surface area contributed by atoms with Crippen LogP contribution in [0.4, 0.5) is 0 Å². The third kappa shape index (κ3) is 5.06. The molecule has 1 fully saturated rings. The molecule has 1 aromatic carbocycles. The van der Waals surface area contributed by atoms with E-state index in [0.29, 0.717) is 0 Å². The van der Waals surface area contributed by atoms with E-state index in [4.69, 9.17) is 4.74 Å². The Kier molecular flexibility index (Phi) is 6.07. The van der Waals surface area contributed by atoms with Gasteiger partial charge in [-0.3, -0.25) is 10.00 Å². The van der Waals surface area contributed by atoms with Gasteiger partial charge in [0.15, 0.2) is 0 Å². The van der Waals surface area contributed by atoms with E-state index in [9.17, 15) is 0 Å². The number of nitrogens with zero attached hydrogens (tertiary/aromatic N) is 3. The van der Waals surface area contributed by atoms with Gasteiger partial charge in [0.2, 0.25) is 5.16 Å². The van der Waals surface area contributed by atoms with Gasteiger partial charge in [0.1, 0.15) is 5.82 Å². The Morgan fingerprint density at radius 3 is 3.00 bits per heavy atom. The normalized spacial score (nSPS) is 19.6. The van der Waals surface area contributed by atoms with E-state index in [1.165, 1.54) is 5.56 Å². The fraction of sp³-hybridized carbons (Fsp3) is 0.529. The highest BCUT2D eigenvalue weighted by atomic mass is 32.2. The lowest BCUT2D eigenvalue weighted by molar-refractivity contribution is 0.0700. The molecule has 124 valence electrons. The fourth-order valence-electron chi connectivity index (χ4n) is 2.72. The van der Waals surface area contributed by atoms with E-state index in [1.54, 1.807) is 11.8 Å². The molecule has 5 nitrogen and oxygen atoms in total. The molecular weight excluding hydrogens is 308 g/mol. The quantitative estimate of drug-likeness (QED) is 0.824. The zero-order valence-electron chi connectivity index (χ0n) is 13.6. The second-order valence-corrected chi connectivity index (χ2v) is 6.78. The van der Waals surface area contributed by atoms with Gasteiger partial charge in [-0.15, -0.1) is 5.10 Å². The second-order valence-electron chi connectivity index (χ2n) is 5.80. The zero-order valence-corrected chi connectivity index (χ0v) is 14.4. The Labute approximate surface area is 141 Å². The first-order chi connectivity index (χ1) is 11.3. The molecule has 1 aliphatic heterocycles. The Morgan fingerprint density at radius 1 is 1.35 bits per heavy atom. The lowest BCUT2D eigenvalue weighted by Crippen LogP contribution is -2.32. The van der Waals surface area contributed by atoms with Gasteiger partial charge in [-0.25, -0.2) is 4.98 Å². The van der Waals surface area contributed by atoms with Gasteiger partial charge in [-0.2, -0.15) is 0 Å². The summed E-state index contributed by atoms with van der Waals surface area (Å²) in [4.78, 5) is 6.94. The van der Waals surface area contributed by atoms with Crippen molar-refractivity contribution in [1.29, 1.82) is 0 Å². The predicted octanol–water partition coefficient (Wildman–Crippen LogP) is 2.75. The molecule has 2 aromatic rings. The monoisotopic (exact) mass is 332 g/mol. The average molecular weight is 332 g/mol. The maximum Gasteiger partial charge on any atom is 0.208 e. The second kappa shape index (κ2) is 8.47. The van der Waals surface area contributed by atoms with Gasteiger partial charge in [0, 0.05) is 38.4 Å². The van der Waals surface area contributed by atoms with Crippen molar-refractivity contribution >= 4 is 11.8 Å². The van der Waals surface area contributed by atoms with Gasteiger partial charge in [0.25, 0.3) is 0 Å². The van der Waals surface area contributed by atoms with Gasteiger partial charge in [-0.05, 0) is 12.0 Å². The number of hydrogen-bond donors (Lipinski definition) is 1. The van der Waals surface area contributed by atoms with Crippen LogP contribution in [0.3, 0.4) is 0 Å². The Hall–Kier alpha value is -1.37. The van der Waals surface area contributed by atoms with Crippen LogP contribution in [0, 0.1) is 0 Å². The van der Waals surface area contributed by atoms with E-state index >= 15 is 0 Å². The number of H-pyrrole nitrogens is 1. The summed E-state index contributed by atoms with van der Waals surface area (Å²) in [6.45, 7) is 5.96. The lowest BCUT2D eigenvalue weighted by atomic mass is 10.2. The summed E-state index contributed by atoms with van der Waals surface area (Å²) in [7, 11) is 0. The van der Waals surface area contributed by atoms with Crippen molar-refractivity contribution in [2.24, 2.45) is 0 Å². The van der Waals surface area contributed by atoms with E-state index in [2.05, 4.69) is 57.3 Å². The van der Waals surface area contributed by atoms with Crippen molar-refractivity contribution in [2.75, 3.05) is 25.4 Å². The summed E-state index contributed by atoms with van der Waals surface area (Å²) in [6.07, 6.45) is 2.21. The molecule has 1 atom stereocenters. The summed E-state index contributed by atoms with van der Waals surface area (Å²) >= 11 is 1.68. The van der Waals surface area contributed by atoms with Gasteiger partial charge in [0.05, 0.1) is 6.10 Å². The van der Waals surface area contributed by atoms with Crippen molar-refractivity contribution in [2.45, 2.75) is 37.6 Å². The first-order valence-corrected chi connectivity index (χ1v) is 9.24. The molecule has 0 radical (unpaired) electrons. The van der Waals surface area contributed by atoms with Gasteiger partial charge < -0.3 is 4.74 Å². The van der Waals surface area contributed by atoms with Crippen molar-refractivity contribution < 1.29 is 4.74 Å². The molecule has 1 N–H and O–H groups in total. The van der Waals surface area contributed by atoms with Crippen LogP contribution in [0.2, 0.25) is 0 Å². The van der Waals surface area contributed by atoms with Crippen LogP contribution in [-0.2, 0) is 17.7 Å². The Morgan fingerprint density at radius 2 is 2.22 bits per heavy atom. The molecule has 1 aromatic heterocycles. The lowest BCUT2D eigenvalue weighted by Gasteiger charge is -2.23. The largest absolute Gasteiger partial charge is 0.376 e. The number of hydrogen-bond acceptors (Lipinski definition) is 5. The highest BCUT2D eigenvalue weighted by Crippen LogP contribution is 2.18. The highest BCUT2D eigenvalue weighted by Gasteiger charge is 2.19. The zero-order chi connectivity index (χ0) is 15.9. The molecule has 0 amide bonds. The topological polar surface area (TPSA) is 54.0 Å². The molecule has 1 aliphatic rings. The van der Waals surface area contributed by atoms with Crippen molar-refractivity contribution in [3.05, 3.63) is 41.7 Å². The third-order valence-corrected chi connectivity index (χ3v) is 4.91. The van der Waals surface area contributed by atoms with E-state index in [-0.39, 0.29) is 6.10 Å². The summed E-state index contributed by atoms with van der Waals surface area (Å²) in [5.74, 6) is 1.84. The van der Waals surface area contributed by atoms with E-state index in [1.807, 2.05) is 0 Å². The first kappa shape index (κ1) is 16.5. The van der Waals surface area contributed by atoms with Crippen LogP contribution < -0.4 is 0 Å². The number of aryl methyl sites for hydroxylation is 1. The molecular formula is C17H24N4OS. The number of thioether (sulfide) groups is 1. The van der Waals surface area contributed by atoms with Gasteiger partial charge in [-0.1, -0.05) is 49.0 Å². The molecule has 23 heavy (non-hydrogen) atoms. The number of benzene rings is 1. The Bertz CT molecular complexity index is 589. The highest BCUT2D eigenvalue weighted by molar-refractivity contribution is 7.99. The Balaban J connectivity index is 1.52. The molecule has 0 bridgehead atoms. The van der Waals surface area contributed by atoms with E-state index < -0.39 is 0 Å². The molecule has 1 unspecified atom stereocenters. The van der Waals surface area contributed by atoms with Gasteiger partial charge >= 0.3 is 0 Å². The van der Waals surface area contributed by atoms with Crippen molar-refractivity contribution in [3.8, 4) is 0 Å². The molecule has 2 heterocycles. The number of aromatic amines is 1. The van der Waals surface area contributed by atoms with Crippen LogP contribution in [0.1, 0.15) is 24.7 Å². The van der Waals surface area contributed by atoms with Crippen molar-refractivity contribution in [3.63, 3.8) is 0 Å². The minimum absolute atomic E-state index is 0.231. The van der Waals surface area contributed by atoms with Crippen LogP contribution >= 0.6 is 11.8 Å². The van der Waals surface area contributed by atoms with Crippen LogP contribution in [0.25, 0.3) is 0 Å². The maximum absolute atomic E-state index is 6.00. The third-order valence-electron chi connectivity index (χ3n) is 3.93. The maximum atomic E-state index is 6.00. The minimum atomic E-state index is 0.231. The number of ether oxygens (including phenoxy) is 1. The number of rotatable bonds is 6. The predicted molar refractivity (Wildman–Crippen MR) is 92.6 cm³/mol. The summed E-state index contributed by atoms with van der Waals surface area (Å²) in [6, 6.07) is 10.7. The van der Waals surface area contributed by atoms with E-state index in [0.717, 1.165) is 55.8 Å². The molecule has 0 aliphatic carbocycles. The molecule has 0 spiro atoms. The van der Waals surface area contributed by atoms with Crippen molar-refractivity contribution in [1.82, 2.24) is 20.1 Å². The summed E-state index contributed by atoms with van der Waals surface area (Å²) in [5, 5.41) is 8.03. The number of nitrogens with one attached hydrogen (secondary N) is 1. The molecule has 3 rings (SSSR count). The standard InChI is InChI=1S/C17H24N4OS/c1-2-16-18-17(20-19-16)23-13-15-12-21(9-6-10-22-15)11-14-7-4-3-5-8-14/h3-5,7-8,15H,2,6,9-13H2,1H3,(H,18,19,20). The molecule has 6 heteroatoms. The minimum Gasteiger partial charge on any atom is -0.376 e. The average Bonchev–Trinajstić information content (AvgIpc) is 2.94. The van der Waals surface area contributed by atoms with Crippen LogP contribution in [-0.4, -0.2) is 51.6 Å². The number of aromatic nitrogens is 3.